The molecule has 0 spiro atoms. The predicted molar refractivity (Wildman–Crippen MR) is 72.1 cm³/mol. The molecular formula is C15H11F2NO3. The lowest BCUT2D eigenvalue weighted by atomic mass is 10.1. The van der Waals surface area contributed by atoms with Crippen LogP contribution in [0.2, 0.25) is 0 Å². The van der Waals surface area contributed by atoms with Gasteiger partial charge in [-0.25, -0.2) is 8.78 Å². The summed E-state index contributed by atoms with van der Waals surface area (Å²) >= 11 is 0. The van der Waals surface area contributed by atoms with Gasteiger partial charge in [-0.2, -0.15) is 0 Å². The van der Waals surface area contributed by atoms with Crippen LogP contribution in [0, 0.1) is 11.6 Å². The van der Waals surface area contributed by atoms with Crippen molar-refractivity contribution in [1.82, 2.24) is 0 Å². The quantitative estimate of drug-likeness (QED) is 0.910. The number of anilines is 1. The molecule has 0 saturated heterocycles. The zero-order chi connectivity index (χ0) is 15.4. The molecule has 0 unspecified atom stereocenters. The molecule has 2 aromatic carbocycles. The minimum atomic E-state index is -1.08. The Morgan fingerprint density at radius 1 is 1.00 bits per heavy atom. The Morgan fingerprint density at radius 3 is 2.24 bits per heavy atom. The van der Waals surface area contributed by atoms with E-state index in [4.69, 9.17) is 5.11 Å². The summed E-state index contributed by atoms with van der Waals surface area (Å²) in [4.78, 5) is 22.7. The molecule has 2 N–H and O–H groups in total. The maximum absolute atomic E-state index is 13.5. The number of para-hydroxylation sites is 1. The molecule has 2 rings (SSSR count). The summed E-state index contributed by atoms with van der Waals surface area (Å²) in [5.41, 5.74) is -0.162. The van der Waals surface area contributed by atoms with E-state index in [1.807, 2.05) is 0 Å². The molecule has 0 atom stereocenters. The molecule has 0 aliphatic rings. The van der Waals surface area contributed by atoms with Gasteiger partial charge >= 0.3 is 5.97 Å². The number of halogens is 2. The number of hydrogen-bond donors (Lipinski definition) is 2. The fraction of sp³-hybridized carbons (Fsp3) is 0.0667. The van der Waals surface area contributed by atoms with Crippen molar-refractivity contribution < 1.29 is 23.5 Å². The molecule has 0 aliphatic heterocycles. The lowest BCUT2D eigenvalue weighted by Crippen LogP contribution is -2.17. The average Bonchev–Trinajstić information content (AvgIpc) is 2.40. The molecule has 0 aliphatic carbocycles. The Bertz CT molecular complexity index is 681. The van der Waals surface area contributed by atoms with Crippen LogP contribution in [-0.2, 0) is 11.2 Å². The van der Waals surface area contributed by atoms with Crippen LogP contribution in [0.4, 0.5) is 14.5 Å². The number of carboxylic acids is 1. The molecule has 0 radical (unpaired) electrons. The Kier molecular flexibility index (Phi) is 4.27. The summed E-state index contributed by atoms with van der Waals surface area (Å²) in [6.45, 7) is 0. The van der Waals surface area contributed by atoms with Crippen molar-refractivity contribution in [3.8, 4) is 0 Å². The van der Waals surface area contributed by atoms with Crippen LogP contribution in [0.5, 0.6) is 0 Å². The van der Waals surface area contributed by atoms with Gasteiger partial charge in [-0.3, -0.25) is 9.59 Å². The maximum atomic E-state index is 13.5. The van der Waals surface area contributed by atoms with Crippen LogP contribution in [0.3, 0.4) is 0 Å². The first-order valence-electron chi connectivity index (χ1n) is 6.04. The molecule has 6 heteroatoms. The first-order valence-corrected chi connectivity index (χ1v) is 6.04. The lowest BCUT2D eigenvalue weighted by Gasteiger charge is -2.10. The van der Waals surface area contributed by atoms with Gasteiger partial charge in [0.25, 0.3) is 5.91 Å². The molecule has 2 aromatic rings. The fourth-order valence-electron chi connectivity index (χ4n) is 1.86. The largest absolute Gasteiger partial charge is 0.481 e. The summed E-state index contributed by atoms with van der Waals surface area (Å²) in [6, 6.07) is 9.27. The van der Waals surface area contributed by atoms with E-state index in [0.29, 0.717) is 5.56 Å². The first-order chi connectivity index (χ1) is 9.99. The van der Waals surface area contributed by atoms with E-state index in [-0.39, 0.29) is 12.1 Å². The summed E-state index contributed by atoms with van der Waals surface area (Å²) in [7, 11) is 0. The Balaban J connectivity index is 2.30. The Hall–Kier alpha value is -2.76. The van der Waals surface area contributed by atoms with Gasteiger partial charge in [-0.15, -0.1) is 0 Å². The maximum Gasteiger partial charge on any atom is 0.307 e. The zero-order valence-corrected chi connectivity index (χ0v) is 10.8. The third-order valence-electron chi connectivity index (χ3n) is 2.80. The number of aliphatic carboxylic acids is 1. The number of carbonyl (C=O) groups excluding carboxylic acids is 1. The van der Waals surface area contributed by atoms with E-state index in [1.54, 1.807) is 12.1 Å². The smallest absolute Gasteiger partial charge is 0.307 e. The second kappa shape index (κ2) is 6.13. The molecule has 0 bridgehead atoms. The van der Waals surface area contributed by atoms with Gasteiger partial charge in [0.1, 0.15) is 17.2 Å². The predicted octanol–water partition coefficient (Wildman–Crippen LogP) is 2.84. The van der Waals surface area contributed by atoms with E-state index >= 15 is 0 Å². The molecular weight excluding hydrogens is 280 g/mol. The summed E-state index contributed by atoms with van der Waals surface area (Å²) in [5, 5.41) is 11.1. The van der Waals surface area contributed by atoms with Crippen LogP contribution in [-0.4, -0.2) is 17.0 Å². The van der Waals surface area contributed by atoms with Gasteiger partial charge in [0.15, 0.2) is 0 Å². The zero-order valence-electron chi connectivity index (χ0n) is 10.8. The molecule has 1 amide bonds. The number of carbonyl (C=O) groups is 2. The number of carboxylic acid groups (broad SMARTS) is 1. The highest BCUT2D eigenvalue weighted by Gasteiger charge is 2.18. The normalized spacial score (nSPS) is 10.2. The Morgan fingerprint density at radius 2 is 1.62 bits per heavy atom. The van der Waals surface area contributed by atoms with E-state index in [0.717, 1.165) is 18.2 Å². The van der Waals surface area contributed by atoms with Gasteiger partial charge < -0.3 is 10.4 Å². The fourth-order valence-corrected chi connectivity index (χ4v) is 1.86. The van der Waals surface area contributed by atoms with Crippen molar-refractivity contribution in [1.29, 1.82) is 0 Å². The van der Waals surface area contributed by atoms with Crippen molar-refractivity contribution in [3.05, 3.63) is 65.2 Å². The van der Waals surface area contributed by atoms with Crippen molar-refractivity contribution in [2.75, 3.05) is 5.32 Å². The first kappa shape index (κ1) is 14.6. The number of benzene rings is 2. The van der Waals surface area contributed by atoms with E-state index in [1.165, 1.54) is 12.1 Å². The summed E-state index contributed by atoms with van der Waals surface area (Å²) < 4.78 is 27.0. The van der Waals surface area contributed by atoms with Gasteiger partial charge in [0.05, 0.1) is 6.42 Å². The van der Waals surface area contributed by atoms with E-state index < -0.39 is 29.1 Å². The summed E-state index contributed by atoms with van der Waals surface area (Å²) in [5.74, 6) is -4.01. The third kappa shape index (κ3) is 3.42. The minimum absolute atomic E-state index is 0.201. The van der Waals surface area contributed by atoms with Crippen LogP contribution in [0.15, 0.2) is 42.5 Å². The van der Waals surface area contributed by atoms with Gasteiger partial charge in [-0.1, -0.05) is 24.3 Å². The minimum Gasteiger partial charge on any atom is -0.481 e. The van der Waals surface area contributed by atoms with Crippen molar-refractivity contribution in [2.45, 2.75) is 6.42 Å². The lowest BCUT2D eigenvalue weighted by molar-refractivity contribution is -0.136. The monoisotopic (exact) mass is 291 g/mol. The number of rotatable bonds is 4. The van der Waals surface area contributed by atoms with Crippen molar-refractivity contribution >= 4 is 17.6 Å². The molecule has 0 heterocycles. The number of hydrogen-bond acceptors (Lipinski definition) is 2. The third-order valence-corrected chi connectivity index (χ3v) is 2.80. The second-order valence-corrected chi connectivity index (χ2v) is 4.28. The molecule has 108 valence electrons. The van der Waals surface area contributed by atoms with Gasteiger partial charge in [0, 0.05) is 5.69 Å². The summed E-state index contributed by atoms with van der Waals surface area (Å²) in [6.07, 6.45) is -0.309. The molecule has 0 aromatic heterocycles. The molecule has 0 saturated carbocycles. The second-order valence-electron chi connectivity index (χ2n) is 4.28. The van der Waals surface area contributed by atoms with Crippen LogP contribution in [0.25, 0.3) is 0 Å². The van der Waals surface area contributed by atoms with Gasteiger partial charge in [0.2, 0.25) is 0 Å². The van der Waals surface area contributed by atoms with Crippen LogP contribution in [0.1, 0.15) is 15.9 Å². The van der Waals surface area contributed by atoms with E-state index in [2.05, 4.69) is 5.32 Å². The van der Waals surface area contributed by atoms with Crippen LogP contribution >= 0.6 is 0 Å². The number of nitrogens with one attached hydrogen (secondary N) is 1. The highest BCUT2D eigenvalue weighted by Crippen LogP contribution is 2.19. The molecule has 21 heavy (non-hydrogen) atoms. The highest BCUT2D eigenvalue weighted by atomic mass is 19.1. The van der Waals surface area contributed by atoms with Gasteiger partial charge in [-0.05, 0) is 23.8 Å². The standard InChI is InChI=1S/C15H11F2NO3/c16-10-5-3-6-11(17)14(10)15(21)18-12-7-2-1-4-9(12)8-13(19)20/h1-7H,8H2,(H,18,21)(H,19,20). The average molecular weight is 291 g/mol. The topological polar surface area (TPSA) is 66.4 Å². The van der Waals surface area contributed by atoms with Crippen LogP contribution < -0.4 is 5.32 Å². The molecule has 4 nitrogen and oxygen atoms in total. The van der Waals surface area contributed by atoms with Crippen molar-refractivity contribution in [2.24, 2.45) is 0 Å². The Labute approximate surface area is 119 Å². The number of amides is 1. The van der Waals surface area contributed by atoms with E-state index in [9.17, 15) is 18.4 Å². The highest BCUT2D eigenvalue weighted by molar-refractivity contribution is 6.05. The SMILES string of the molecule is O=C(O)Cc1ccccc1NC(=O)c1c(F)cccc1F. The van der Waals surface area contributed by atoms with Crippen molar-refractivity contribution in [3.63, 3.8) is 0 Å². The molecule has 0 fully saturated rings.